The number of hydrogen-bond acceptors (Lipinski definition) is 5. The molecule has 2 saturated heterocycles. The van der Waals surface area contributed by atoms with Crippen LogP contribution >= 0.6 is 12.4 Å². The van der Waals surface area contributed by atoms with Crippen LogP contribution in [0.3, 0.4) is 0 Å². The van der Waals surface area contributed by atoms with Gasteiger partial charge < -0.3 is 9.80 Å². The molecular formula is C19H28ClN5O2. The van der Waals surface area contributed by atoms with Crippen molar-refractivity contribution in [2.45, 2.75) is 12.8 Å². The summed E-state index contributed by atoms with van der Waals surface area (Å²) in [7, 11) is 2.15. The van der Waals surface area contributed by atoms with Crippen LogP contribution in [0.25, 0.3) is 0 Å². The van der Waals surface area contributed by atoms with Crippen LogP contribution in [0.15, 0.2) is 35.4 Å². The number of amides is 3. The van der Waals surface area contributed by atoms with Gasteiger partial charge in [0.25, 0.3) is 5.91 Å². The summed E-state index contributed by atoms with van der Waals surface area (Å²) in [5, 5.41) is 5.41. The quantitative estimate of drug-likeness (QED) is 0.402. The van der Waals surface area contributed by atoms with E-state index < -0.39 is 0 Å². The highest BCUT2D eigenvalue weighted by Gasteiger charge is 2.35. The number of carbonyl (C=O) groups is 2. The van der Waals surface area contributed by atoms with Crippen LogP contribution in [0.5, 0.6) is 0 Å². The Morgan fingerprint density at radius 1 is 1.00 bits per heavy atom. The maximum atomic E-state index is 12.4. The lowest BCUT2D eigenvalue weighted by atomic mass is 10.2. The summed E-state index contributed by atoms with van der Waals surface area (Å²) in [5.41, 5.74) is 0.901. The molecule has 3 amide bonds. The number of rotatable bonds is 7. The minimum absolute atomic E-state index is 0. The highest BCUT2D eigenvalue weighted by molar-refractivity contribution is 6.02. The molecule has 0 aromatic heterocycles. The smallest absolute Gasteiger partial charge is 0.304 e. The van der Waals surface area contributed by atoms with Crippen LogP contribution in [0.1, 0.15) is 18.4 Å². The average molecular weight is 394 g/mol. The van der Waals surface area contributed by atoms with Gasteiger partial charge in [0.1, 0.15) is 6.54 Å². The SMILES string of the molecule is CN1CCN(CCCCN2C(=O)CN(N=Cc3ccccc3)C2=O)CC1.Cl. The highest BCUT2D eigenvalue weighted by atomic mass is 35.5. The lowest BCUT2D eigenvalue weighted by Crippen LogP contribution is -2.44. The Kier molecular flexibility index (Phi) is 8.22. The summed E-state index contributed by atoms with van der Waals surface area (Å²) in [5.74, 6) is -0.167. The lowest BCUT2D eigenvalue weighted by Gasteiger charge is -2.32. The van der Waals surface area contributed by atoms with Crippen molar-refractivity contribution < 1.29 is 9.59 Å². The molecule has 7 nitrogen and oxygen atoms in total. The van der Waals surface area contributed by atoms with Gasteiger partial charge in [-0.25, -0.2) is 9.80 Å². The lowest BCUT2D eigenvalue weighted by molar-refractivity contribution is -0.125. The molecule has 0 bridgehead atoms. The molecule has 0 aliphatic carbocycles. The van der Waals surface area contributed by atoms with Crippen molar-refractivity contribution in [3.05, 3.63) is 35.9 Å². The topological polar surface area (TPSA) is 59.5 Å². The Morgan fingerprint density at radius 2 is 1.67 bits per heavy atom. The van der Waals surface area contributed by atoms with Crippen LogP contribution in [0.2, 0.25) is 0 Å². The number of piperazine rings is 1. The minimum Gasteiger partial charge on any atom is -0.304 e. The van der Waals surface area contributed by atoms with Gasteiger partial charge in [-0.3, -0.25) is 9.69 Å². The summed E-state index contributed by atoms with van der Waals surface area (Å²) in [4.78, 5) is 30.6. The minimum atomic E-state index is -0.318. The number of benzene rings is 1. The van der Waals surface area contributed by atoms with Gasteiger partial charge in [0, 0.05) is 32.7 Å². The van der Waals surface area contributed by atoms with Gasteiger partial charge in [-0.1, -0.05) is 30.3 Å². The summed E-state index contributed by atoms with van der Waals surface area (Å²) < 4.78 is 0. The van der Waals surface area contributed by atoms with E-state index in [2.05, 4.69) is 21.9 Å². The molecule has 148 valence electrons. The van der Waals surface area contributed by atoms with E-state index in [0.29, 0.717) is 6.54 Å². The molecule has 0 unspecified atom stereocenters. The van der Waals surface area contributed by atoms with Crippen molar-refractivity contribution in [3.63, 3.8) is 0 Å². The van der Waals surface area contributed by atoms with Gasteiger partial charge in [-0.2, -0.15) is 5.10 Å². The summed E-state index contributed by atoms with van der Waals surface area (Å²) in [6.07, 6.45) is 3.44. The number of hydrogen-bond donors (Lipinski definition) is 0. The third-order valence-electron chi connectivity index (χ3n) is 4.89. The maximum absolute atomic E-state index is 12.4. The predicted octanol–water partition coefficient (Wildman–Crippen LogP) is 1.73. The second-order valence-corrected chi connectivity index (χ2v) is 6.89. The molecule has 2 aliphatic rings. The molecule has 8 heteroatoms. The molecule has 0 N–H and O–H groups in total. The normalized spacial score (nSPS) is 19.1. The largest absolute Gasteiger partial charge is 0.347 e. The van der Waals surface area contributed by atoms with Gasteiger partial charge in [-0.05, 0) is 32.0 Å². The average Bonchev–Trinajstić information content (AvgIpc) is 2.93. The Balaban J connectivity index is 0.00000261. The Hall–Kier alpha value is -1.96. The number of imide groups is 1. The van der Waals surface area contributed by atoms with Crippen LogP contribution in [-0.2, 0) is 4.79 Å². The number of halogens is 1. The molecule has 3 rings (SSSR count). The first kappa shape index (κ1) is 21.3. The van der Waals surface area contributed by atoms with Gasteiger partial charge in [-0.15, -0.1) is 12.4 Å². The monoisotopic (exact) mass is 393 g/mol. The second-order valence-electron chi connectivity index (χ2n) is 6.89. The van der Waals surface area contributed by atoms with E-state index in [1.807, 2.05) is 30.3 Å². The number of unbranched alkanes of at least 4 members (excludes halogenated alkanes) is 1. The highest BCUT2D eigenvalue weighted by Crippen LogP contribution is 2.12. The van der Waals surface area contributed by atoms with Crippen molar-refractivity contribution in [3.8, 4) is 0 Å². The van der Waals surface area contributed by atoms with Crippen LogP contribution in [0.4, 0.5) is 4.79 Å². The zero-order chi connectivity index (χ0) is 18.4. The first-order valence-electron chi connectivity index (χ1n) is 9.25. The van der Waals surface area contributed by atoms with E-state index in [1.54, 1.807) is 6.21 Å². The second kappa shape index (κ2) is 10.4. The van der Waals surface area contributed by atoms with Crippen molar-refractivity contribution >= 4 is 30.6 Å². The van der Waals surface area contributed by atoms with Gasteiger partial charge in [0.15, 0.2) is 0 Å². The fraction of sp³-hybridized carbons (Fsp3) is 0.526. The van der Waals surface area contributed by atoms with Crippen molar-refractivity contribution in [1.29, 1.82) is 0 Å². The summed E-state index contributed by atoms with van der Waals surface area (Å²) in [6, 6.07) is 9.23. The predicted molar refractivity (Wildman–Crippen MR) is 108 cm³/mol. The fourth-order valence-electron chi connectivity index (χ4n) is 3.19. The first-order valence-corrected chi connectivity index (χ1v) is 9.25. The molecule has 0 spiro atoms. The van der Waals surface area contributed by atoms with Crippen molar-refractivity contribution in [2.24, 2.45) is 5.10 Å². The molecular weight excluding hydrogens is 366 g/mol. The molecule has 2 aliphatic heterocycles. The number of nitrogens with zero attached hydrogens (tertiary/aromatic N) is 5. The van der Waals surface area contributed by atoms with E-state index in [-0.39, 0.29) is 30.9 Å². The van der Waals surface area contributed by atoms with E-state index in [9.17, 15) is 9.59 Å². The fourth-order valence-corrected chi connectivity index (χ4v) is 3.19. The third kappa shape index (κ3) is 6.02. The van der Waals surface area contributed by atoms with Gasteiger partial charge in [0.05, 0.1) is 6.21 Å². The Bertz CT molecular complexity index is 647. The van der Waals surface area contributed by atoms with Gasteiger partial charge >= 0.3 is 6.03 Å². The standard InChI is InChI=1S/C19H27N5O2.ClH/c1-21-11-13-22(14-12-21)9-5-6-10-23-18(25)16-24(19(23)26)20-15-17-7-3-2-4-8-17;/h2-4,7-8,15H,5-6,9-14,16H2,1H3;1H. The zero-order valence-corrected chi connectivity index (χ0v) is 16.6. The molecule has 1 aromatic rings. The third-order valence-corrected chi connectivity index (χ3v) is 4.89. The number of hydrazone groups is 1. The number of carbonyl (C=O) groups excluding carboxylic acids is 2. The zero-order valence-electron chi connectivity index (χ0n) is 15.8. The molecule has 0 saturated carbocycles. The summed E-state index contributed by atoms with van der Waals surface area (Å²) >= 11 is 0. The molecule has 1 aromatic carbocycles. The molecule has 2 heterocycles. The van der Waals surface area contributed by atoms with Crippen LogP contribution in [0, 0.1) is 0 Å². The van der Waals surface area contributed by atoms with E-state index in [0.717, 1.165) is 51.1 Å². The van der Waals surface area contributed by atoms with Crippen LogP contribution in [-0.4, -0.2) is 90.7 Å². The number of urea groups is 1. The van der Waals surface area contributed by atoms with E-state index in [1.165, 1.54) is 9.91 Å². The van der Waals surface area contributed by atoms with Crippen molar-refractivity contribution in [1.82, 2.24) is 19.7 Å². The number of likely N-dealkylation sites (N-methyl/N-ethyl adjacent to an activating group) is 1. The molecule has 2 fully saturated rings. The van der Waals surface area contributed by atoms with Crippen molar-refractivity contribution in [2.75, 3.05) is 52.9 Å². The maximum Gasteiger partial charge on any atom is 0.347 e. The first-order chi connectivity index (χ1) is 12.6. The van der Waals surface area contributed by atoms with Gasteiger partial charge in [0.2, 0.25) is 0 Å². The molecule has 27 heavy (non-hydrogen) atoms. The Labute approximate surface area is 167 Å². The molecule has 0 atom stereocenters. The van der Waals surface area contributed by atoms with Crippen LogP contribution < -0.4 is 0 Å². The molecule has 0 radical (unpaired) electrons. The van der Waals surface area contributed by atoms with E-state index >= 15 is 0 Å². The van der Waals surface area contributed by atoms with E-state index in [4.69, 9.17) is 0 Å². The summed E-state index contributed by atoms with van der Waals surface area (Å²) in [6.45, 7) is 5.94. The Morgan fingerprint density at radius 3 is 2.37 bits per heavy atom.